The van der Waals surface area contributed by atoms with E-state index in [0.717, 1.165) is 36.2 Å². The van der Waals surface area contributed by atoms with Crippen LogP contribution in [0.4, 0.5) is 13.8 Å². The molecule has 124 valence electrons. The minimum absolute atomic E-state index is 0.426. The molecule has 0 aromatic carbocycles. The van der Waals surface area contributed by atoms with E-state index < -0.39 is 13.0 Å². The first-order chi connectivity index (χ1) is 11.0. The summed E-state index contributed by atoms with van der Waals surface area (Å²) in [7, 11) is 0. The molecule has 3 rings (SSSR count). The molecule has 2 aliphatic rings. The van der Waals surface area contributed by atoms with E-state index >= 15 is 0 Å². The maximum atomic E-state index is 12.9. The summed E-state index contributed by atoms with van der Waals surface area (Å²) in [5.41, 5.74) is 1.26. The average molecular weight is 338 g/mol. The fraction of sp³-hybridized carbons (Fsp3) is 0.471. The van der Waals surface area contributed by atoms with E-state index in [-0.39, 0.29) is 0 Å². The Hall–Kier alpha value is -1.69. The molecule has 0 radical (unpaired) electrons. The lowest BCUT2D eigenvalue weighted by Gasteiger charge is -2.41. The van der Waals surface area contributed by atoms with Crippen LogP contribution >= 0.6 is 11.3 Å². The minimum Gasteiger partial charge on any atom is -0.322 e. The van der Waals surface area contributed by atoms with Gasteiger partial charge in [0.2, 0.25) is 0 Å². The Morgan fingerprint density at radius 3 is 2.61 bits per heavy atom. The van der Waals surface area contributed by atoms with Gasteiger partial charge in [-0.3, -0.25) is 4.79 Å². The number of thiophene rings is 1. The van der Waals surface area contributed by atoms with Gasteiger partial charge >= 0.3 is 0 Å². The van der Waals surface area contributed by atoms with E-state index in [4.69, 9.17) is 0 Å². The third-order valence-corrected chi connectivity index (χ3v) is 5.67. The molecular formula is C17H20F2N2OS. The van der Waals surface area contributed by atoms with Crippen molar-refractivity contribution in [2.45, 2.75) is 32.1 Å². The number of aldehydes is 1. The van der Waals surface area contributed by atoms with Crippen molar-refractivity contribution in [1.82, 2.24) is 4.90 Å². The molecule has 0 spiro atoms. The summed E-state index contributed by atoms with van der Waals surface area (Å²) in [5, 5.41) is 0.902. The third-order valence-electron chi connectivity index (χ3n) is 4.59. The highest BCUT2D eigenvalue weighted by Gasteiger charge is 2.34. The Morgan fingerprint density at radius 2 is 2.00 bits per heavy atom. The zero-order chi connectivity index (χ0) is 16.6. The van der Waals surface area contributed by atoms with Gasteiger partial charge in [-0.15, -0.1) is 11.3 Å². The zero-order valence-corrected chi connectivity index (χ0v) is 13.7. The van der Waals surface area contributed by atoms with Crippen LogP contribution in [0.2, 0.25) is 0 Å². The van der Waals surface area contributed by atoms with Crippen LogP contribution in [0.15, 0.2) is 25.0 Å². The van der Waals surface area contributed by atoms with Crippen LogP contribution in [0.25, 0.3) is 5.70 Å². The van der Waals surface area contributed by atoms with Gasteiger partial charge in [-0.1, -0.05) is 26.0 Å². The molecule has 0 N–H and O–H groups in total. The monoisotopic (exact) mass is 338 g/mol. The molecule has 1 aliphatic heterocycles. The highest BCUT2D eigenvalue weighted by molar-refractivity contribution is 7.18. The van der Waals surface area contributed by atoms with E-state index in [9.17, 15) is 13.6 Å². The van der Waals surface area contributed by atoms with Crippen LogP contribution in [-0.4, -0.2) is 30.7 Å². The number of alkyl halides is 2. The lowest BCUT2D eigenvalue weighted by Crippen LogP contribution is -2.41. The summed E-state index contributed by atoms with van der Waals surface area (Å²) >= 11 is 1.38. The Bertz CT molecular complexity index is 635. The van der Waals surface area contributed by atoms with Crippen molar-refractivity contribution < 1.29 is 13.6 Å². The minimum atomic E-state index is -2.47. The van der Waals surface area contributed by atoms with Crippen molar-refractivity contribution >= 4 is 28.3 Å². The quantitative estimate of drug-likeness (QED) is 0.734. The second kappa shape index (κ2) is 6.43. The fourth-order valence-electron chi connectivity index (χ4n) is 3.42. The number of rotatable bonds is 5. The maximum absolute atomic E-state index is 12.9. The van der Waals surface area contributed by atoms with Crippen LogP contribution < -0.4 is 4.90 Å². The van der Waals surface area contributed by atoms with Crippen molar-refractivity contribution in [2.24, 2.45) is 5.92 Å². The Labute approximate surface area is 138 Å². The second-order valence-electron chi connectivity index (χ2n) is 6.11. The van der Waals surface area contributed by atoms with Crippen molar-refractivity contribution in [3.05, 3.63) is 35.5 Å². The lowest BCUT2D eigenvalue weighted by molar-refractivity contribution is 0.112. The van der Waals surface area contributed by atoms with Crippen LogP contribution in [0.5, 0.6) is 0 Å². The van der Waals surface area contributed by atoms with Gasteiger partial charge in [-0.25, -0.2) is 8.78 Å². The standard InChI is InChI=1S/C17H20F2N2OS/c1-11-15-7-14(10-22)23-17(15)21(8-13-5-3-4-6-13)12(2)20(11)9-16(18)19/h7,10,13,16H,1-6,8-9H2. The van der Waals surface area contributed by atoms with Crippen LogP contribution in [0, 0.1) is 5.92 Å². The van der Waals surface area contributed by atoms with Crippen molar-refractivity contribution in [2.75, 3.05) is 18.0 Å². The molecule has 3 nitrogen and oxygen atoms in total. The van der Waals surface area contributed by atoms with Crippen LogP contribution in [-0.2, 0) is 0 Å². The van der Waals surface area contributed by atoms with E-state index in [1.807, 2.05) is 4.90 Å². The number of carbonyl (C=O) groups is 1. The predicted molar refractivity (Wildman–Crippen MR) is 89.9 cm³/mol. The molecule has 1 aliphatic carbocycles. The molecular weight excluding hydrogens is 318 g/mol. The van der Waals surface area contributed by atoms with Gasteiger partial charge in [-0.2, -0.15) is 0 Å². The average Bonchev–Trinajstić information content (AvgIpc) is 3.16. The summed E-state index contributed by atoms with van der Waals surface area (Å²) < 4.78 is 25.9. The molecule has 1 aromatic heterocycles. The molecule has 1 saturated carbocycles. The zero-order valence-electron chi connectivity index (χ0n) is 12.9. The van der Waals surface area contributed by atoms with Gasteiger partial charge in [0.25, 0.3) is 6.43 Å². The molecule has 2 heterocycles. The molecule has 23 heavy (non-hydrogen) atoms. The van der Waals surface area contributed by atoms with E-state index in [0.29, 0.717) is 22.3 Å². The number of hydrogen-bond donors (Lipinski definition) is 0. The number of nitrogens with zero attached hydrogens (tertiary/aromatic N) is 2. The van der Waals surface area contributed by atoms with E-state index in [2.05, 4.69) is 13.2 Å². The fourth-order valence-corrected chi connectivity index (χ4v) is 4.45. The summed E-state index contributed by atoms with van der Waals surface area (Å²) in [6.45, 7) is 8.32. The molecule has 0 bridgehead atoms. The van der Waals surface area contributed by atoms with Crippen molar-refractivity contribution in [3.63, 3.8) is 0 Å². The number of carbonyl (C=O) groups excluding carboxylic acids is 1. The van der Waals surface area contributed by atoms with Gasteiger partial charge in [0.1, 0.15) is 10.8 Å². The Kier molecular flexibility index (Phi) is 4.53. The number of fused-ring (bicyclic) bond motifs is 1. The lowest BCUT2D eigenvalue weighted by atomic mass is 10.1. The highest BCUT2D eigenvalue weighted by atomic mass is 32.1. The Morgan fingerprint density at radius 1 is 1.30 bits per heavy atom. The third kappa shape index (κ3) is 3.04. The summed E-state index contributed by atoms with van der Waals surface area (Å²) in [5.74, 6) is 1.08. The Balaban J connectivity index is 1.96. The van der Waals surface area contributed by atoms with Gasteiger partial charge < -0.3 is 9.80 Å². The molecule has 6 heteroatoms. The first-order valence-electron chi connectivity index (χ1n) is 7.81. The van der Waals surface area contributed by atoms with E-state index in [1.165, 1.54) is 29.1 Å². The molecule has 1 aromatic rings. The first kappa shape index (κ1) is 16.2. The second-order valence-corrected chi connectivity index (χ2v) is 7.17. The number of hydrogen-bond acceptors (Lipinski definition) is 4. The van der Waals surface area contributed by atoms with Crippen LogP contribution in [0.1, 0.15) is 40.9 Å². The van der Waals surface area contributed by atoms with Gasteiger partial charge in [0.15, 0.2) is 6.29 Å². The van der Waals surface area contributed by atoms with Crippen LogP contribution in [0.3, 0.4) is 0 Å². The number of halogens is 2. The topological polar surface area (TPSA) is 23.6 Å². The maximum Gasteiger partial charge on any atom is 0.256 e. The highest BCUT2D eigenvalue weighted by Crippen LogP contribution is 2.45. The van der Waals surface area contributed by atoms with Crippen molar-refractivity contribution in [3.8, 4) is 0 Å². The molecule has 0 saturated heterocycles. The van der Waals surface area contributed by atoms with Crippen molar-refractivity contribution in [1.29, 1.82) is 0 Å². The SMILES string of the molecule is C=C1c2cc(C=O)sc2N(CC2CCCC2)C(=C)N1CC(F)F. The normalized spacial score (nSPS) is 18.9. The van der Waals surface area contributed by atoms with Gasteiger partial charge in [0, 0.05) is 17.8 Å². The summed E-state index contributed by atoms with van der Waals surface area (Å²) in [6, 6.07) is 1.74. The van der Waals surface area contributed by atoms with E-state index in [1.54, 1.807) is 6.07 Å². The van der Waals surface area contributed by atoms with Gasteiger partial charge in [0.05, 0.1) is 11.4 Å². The smallest absolute Gasteiger partial charge is 0.256 e. The molecule has 0 atom stereocenters. The van der Waals surface area contributed by atoms with Gasteiger partial charge in [-0.05, 0) is 24.8 Å². The molecule has 1 fully saturated rings. The summed E-state index contributed by atoms with van der Waals surface area (Å²) in [6.07, 6.45) is 3.07. The molecule has 0 unspecified atom stereocenters. The summed E-state index contributed by atoms with van der Waals surface area (Å²) in [4.78, 5) is 15.2. The first-order valence-corrected chi connectivity index (χ1v) is 8.63. The number of anilines is 1. The molecule has 0 amide bonds. The largest absolute Gasteiger partial charge is 0.322 e. The predicted octanol–water partition coefficient (Wildman–Crippen LogP) is 4.58.